The van der Waals surface area contributed by atoms with Crippen molar-refractivity contribution in [2.75, 3.05) is 45.2 Å². The Morgan fingerprint density at radius 1 is 1.12 bits per heavy atom. The second kappa shape index (κ2) is 8.06. The number of rotatable bonds is 4. The van der Waals surface area contributed by atoms with E-state index in [4.69, 9.17) is 11.6 Å². The Morgan fingerprint density at radius 3 is 2.46 bits per heavy atom. The van der Waals surface area contributed by atoms with E-state index in [1.807, 2.05) is 48.2 Å². The minimum Gasteiger partial charge on any atom is -0.378 e. The first-order valence-electron chi connectivity index (χ1n) is 8.67. The normalized spacial score (nSPS) is 15.2. The lowest BCUT2D eigenvalue weighted by molar-refractivity contribution is 0.0627. The summed E-state index contributed by atoms with van der Waals surface area (Å²) in [6.45, 7) is 3.10. The topological polar surface area (TPSA) is 26.8 Å². The molecular weight excluding hydrogens is 353 g/mol. The third-order valence-corrected chi connectivity index (χ3v) is 5.07. The van der Waals surface area contributed by atoms with Crippen molar-refractivity contribution in [3.8, 4) is 0 Å². The summed E-state index contributed by atoms with van der Waals surface area (Å²) in [6.07, 6.45) is 0. The lowest BCUT2D eigenvalue weighted by atomic mass is 10.1. The van der Waals surface area contributed by atoms with Crippen LogP contribution < -0.4 is 4.90 Å². The molecule has 1 aliphatic heterocycles. The van der Waals surface area contributed by atoms with Crippen molar-refractivity contribution < 1.29 is 9.18 Å². The lowest BCUT2D eigenvalue weighted by Crippen LogP contribution is -2.48. The number of anilines is 1. The van der Waals surface area contributed by atoms with Crippen LogP contribution in [0.25, 0.3) is 0 Å². The first-order valence-corrected chi connectivity index (χ1v) is 9.05. The fourth-order valence-electron chi connectivity index (χ4n) is 3.12. The standard InChI is InChI=1S/C20H23ClFN3O/c1-23(2)16-6-3-5-15(13-16)20(26)25-11-9-24(10-12-25)14-17-18(21)7-4-8-19(17)22/h3-8,13H,9-12,14H2,1-2H3. The Bertz CT molecular complexity index is 768. The Labute approximate surface area is 158 Å². The molecule has 1 saturated heterocycles. The summed E-state index contributed by atoms with van der Waals surface area (Å²) in [5.41, 5.74) is 2.22. The maximum atomic E-state index is 14.0. The highest BCUT2D eigenvalue weighted by Crippen LogP contribution is 2.22. The fraction of sp³-hybridized carbons (Fsp3) is 0.350. The number of amides is 1. The molecule has 0 radical (unpaired) electrons. The molecule has 6 heteroatoms. The molecule has 1 aliphatic rings. The second-order valence-electron chi connectivity index (χ2n) is 6.71. The largest absolute Gasteiger partial charge is 0.378 e. The molecule has 1 amide bonds. The van der Waals surface area contributed by atoms with Crippen molar-refractivity contribution in [3.05, 3.63) is 64.4 Å². The van der Waals surface area contributed by atoms with Gasteiger partial charge in [-0.25, -0.2) is 4.39 Å². The van der Waals surface area contributed by atoms with E-state index in [0.29, 0.717) is 48.9 Å². The molecule has 2 aromatic carbocycles. The van der Waals surface area contributed by atoms with E-state index in [-0.39, 0.29) is 11.7 Å². The number of piperazine rings is 1. The summed E-state index contributed by atoms with van der Waals surface area (Å²) in [5.74, 6) is -0.242. The Hall–Kier alpha value is -2.11. The van der Waals surface area contributed by atoms with E-state index in [0.717, 1.165) is 5.69 Å². The van der Waals surface area contributed by atoms with Gasteiger partial charge in [0.25, 0.3) is 5.91 Å². The zero-order chi connectivity index (χ0) is 18.7. The fourth-order valence-corrected chi connectivity index (χ4v) is 3.34. The average Bonchev–Trinajstić information content (AvgIpc) is 2.65. The maximum Gasteiger partial charge on any atom is 0.254 e. The Kier molecular flexibility index (Phi) is 5.79. The van der Waals surface area contributed by atoms with E-state index < -0.39 is 0 Å². The van der Waals surface area contributed by atoms with E-state index in [1.54, 1.807) is 12.1 Å². The van der Waals surface area contributed by atoms with E-state index in [2.05, 4.69) is 4.90 Å². The lowest BCUT2D eigenvalue weighted by Gasteiger charge is -2.35. The van der Waals surface area contributed by atoms with Gasteiger partial charge in [-0.3, -0.25) is 9.69 Å². The summed E-state index contributed by atoms with van der Waals surface area (Å²) >= 11 is 6.11. The molecule has 1 heterocycles. The van der Waals surface area contributed by atoms with Gasteiger partial charge in [0.2, 0.25) is 0 Å². The molecule has 138 valence electrons. The van der Waals surface area contributed by atoms with Gasteiger partial charge in [-0.2, -0.15) is 0 Å². The highest BCUT2D eigenvalue weighted by molar-refractivity contribution is 6.31. The summed E-state index contributed by atoms with van der Waals surface area (Å²) in [4.78, 5) is 18.7. The monoisotopic (exact) mass is 375 g/mol. The number of hydrogen-bond acceptors (Lipinski definition) is 3. The molecule has 3 rings (SSSR count). The molecule has 0 N–H and O–H groups in total. The number of carbonyl (C=O) groups excluding carboxylic acids is 1. The molecule has 0 unspecified atom stereocenters. The van der Waals surface area contributed by atoms with Crippen molar-refractivity contribution in [1.82, 2.24) is 9.80 Å². The zero-order valence-electron chi connectivity index (χ0n) is 15.1. The van der Waals surface area contributed by atoms with Crippen LogP contribution >= 0.6 is 11.6 Å². The molecule has 0 aromatic heterocycles. The number of nitrogens with zero attached hydrogens (tertiary/aromatic N) is 3. The van der Waals surface area contributed by atoms with Gasteiger partial charge in [0.15, 0.2) is 0 Å². The third kappa shape index (κ3) is 4.17. The molecule has 4 nitrogen and oxygen atoms in total. The third-order valence-electron chi connectivity index (χ3n) is 4.71. The molecule has 2 aromatic rings. The predicted molar refractivity (Wildman–Crippen MR) is 103 cm³/mol. The summed E-state index contributed by atoms with van der Waals surface area (Å²) in [7, 11) is 3.91. The van der Waals surface area contributed by atoms with Gasteiger partial charge in [-0.1, -0.05) is 23.7 Å². The van der Waals surface area contributed by atoms with Crippen molar-refractivity contribution in [2.24, 2.45) is 0 Å². The summed E-state index contributed by atoms with van der Waals surface area (Å²) < 4.78 is 14.0. The van der Waals surface area contributed by atoms with Crippen LogP contribution in [0.15, 0.2) is 42.5 Å². The SMILES string of the molecule is CN(C)c1cccc(C(=O)N2CCN(Cc3c(F)cccc3Cl)CC2)c1. The molecular formula is C20H23ClFN3O. The molecule has 26 heavy (non-hydrogen) atoms. The average molecular weight is 376 g/mol. The van der Waals surface area contributed by atoms with Gasteiger partial charge >= 0.3 is 0 Å². The van der Waals surface area contributed by atoms with Crippen LogP contribution in [0.4, 0.5) is 10.1 Å². The number of halogens is 2. The van der Waals surface area contributed by atoms with Gasteiger partial charge < -0.3 is 9.80 Å². The predicted octanol–water partition coefficient (Wildman–Crippen LogP) is 3.50. The van der Waals surface area contributed by atoms with Crippen LogP contribution in [0, 0.1) is 5.82 Å². The highest BCUT2D eigenvalue weighted by Gasteiger charge is 2.23. The molecule has 0 aliphatic carbocycles. The quantitative estimate of drug-likeness (QED) is 0.818. The van der Waals surface area contributed by atoms with Crippen LogP contribution in [-0.4, -0.2) is 56.0 Å². The van der Waals surface area contributed by atoms with Crippen LogP contribution in [0.2, 0.25) is 5.02 Å². The van der Waals surface area contributed by atoms with Gasteiger partial charge in [0.05, 0.1) is 0 Å². The van der Waals surface area contributed by atoms with Crippen molar-refractivity contribution in [1.29, 1.82) is 0 Å². The van der Waals surface area contributed by atoms with Crippen molar-refractivity contribution >= 4 is 23.2 Å². The summed E-state index contributed by atoms with van der Waals surface area (Å²) in [5, 5.41) is 0.448. The molecule has 0 atom stereocenters. The van der Waals surface area contributed by atoms with Gasteiger partial charge in [-0.05, 0) is 30.3 Å². The maximum absolute atomic E-state index is 14.0. The smallest absolute Gasteiger partial charge is 0.254 e. The minimum atomic E-state index is -0.281. The Morgan fingerprint density at radius 2 is 1.81 bits per heavy atom. The van der Waals surface area contributed by atoms with Crippen LogP contribution in [0.3, 0.4) is 0 Å². The van der Waals surface area contributed by atoms with Gasteiger partial charge in [0, 0.05) is 68.7 Å². The number of carbonyl (C=O) groups is 1. The first-order chi connectivity index (χ1) is 12.5. The summed E-state index contributed by atoms with van der Waals surface area (Å²) in [6, 6.07) is 12.4. The van der Waals surface area contributed by atoms with Crippen molar-refractivity contribution in [2.45, 2.75) is 6.54 Å². The minimum absolute atomic E-state index is 0.0391. The van der Waals surface area contributed by atoms with Crippen LogP contribution in [0.1, 0.15) is 15.9 Å². The molecule has 1 fully saturated rings. The van der Waals surface area contributed by atoms with E-state index >= 15 is 0 Å². The van der Waals surface area contributed by atoms with E-state index in [9.17, 15) is 9.18 Å². The Balaban J connectivity index is 1.61. The zero-order valence-corrected chi connectivity index (χ0v) is 15.8. The molecule has 0 bridgehead atoms. The molecule has 0 saturated carbocycles. The van der Waals surface area contributed by atoms with Gasteiger partial charge in [0.1, 0.15) is 5.82 Å². The highest BCUT2D eigenvalue weighted by atomic mass is 35.5. The second-order valence-corrected chi connectivity index (χ2v) is 7.12. The van der Waals surface area contributed by atoms with Crippen LogP contribution in [0.5, 0.6) is 0 Å². The van der Waals surface area contributed by atoms with Crippen molar-refractivity contribution in [3.63, 3.8) is 0 Å². The van der Waals surface area contributed by atoms with Crippen LogP contribution in [-0.2, 0) is 6.54 Å². The number of benzene rings is 2. The molecule has 0 spiro atoms. The first kappa shape index (κ1) is 18.7. The van der Waals surface area contributed by atoms with E-state index in [1.165, 1.54) is 6.07 Å². The van der Waals surface area contributed by atoms with Gasteiger partial charge in [-0.15, -0.1) is 0 Å². The number of hydrogen-bond donors (Lipinski definition) is 0.